The molecule has 1 aliphatic rings. The Bertz CT molecular complexity index is 3640. The molecule has 1 aliphatic carbocycles. The van der Waals surface area contributed by atoms with Crippen LogP contribution in [0, 0.1) is 0 Å². The van der Waals surface area contributed by atoms with E-state index in [-0.39, 0.29) is 5.41 Å². The van der Waals surface area contributed by atoms with Gasteiger partial charge in [0.05, 0.1) is 27.6 Å². The zero-order chi connectivity index (χ0) is 38.3. The summed E-state index contributed by atoms with van der Waals surface area (Å²) < 4.78 is 5.00. The number of hydrogen-bond donors (Lipinski definition) is 0. The lowest BCUT2D eigenvalue weighted by Crippen LogP contribution is -2.16. The maximum atomic E-state index is 2.55. The lowest BCUT2D eigenvalue weighted by molar-refractivity contribution is 0.660. The van der Waals surface area contributed by atoms with Gasteiger partial charge in [0.15, 0.2) is 0 Å². The molecule has 0 saturated carbocycles. The fourth-order valence-corrected chi connectivity index (χ4v) is 10.7. The van der Waals surface area contributed by atoms with E-state index in [1.54, 1.807) is 0 Å². The van der Waals surface area contributed by atoms with Crippen molar-refractivity contribution >= 4 is 87.7 Å². The SMILES string of the molecule is CC1(C)c2ccccc2-c2ccc(N(c3ccccc3)c3cc4c5cccc6c7c8ccccc8n(-c8ccccc8)c7cc(c56)n5c6ccccc6c(c3)c45)cc21. The van der Waals surface area contributed by atoms with E-state index in [1.165, 1.54) is 98.6 Å². The van der Waals surface area contributed by atoms with Crippen LogP contribution in [0.15, 0.2) is 188 Å². The van der Waals surface area contributed by atoms with E-state index >= 15 is 0 Å². The average molecular weight is 740 g/mol. The van der Waals surface area contributed by atoms with Crippen LogP contribution in [0.1, 0.15) is 25.0 Å². The van der Waals surface area contributed by atoms with E-state index in [0.29, 0.717) is 0 Å². The van der Waals surface area contributed by atoms with E-state index in [1.807, 2.05) is 0 Å². The smallest absolute Gasteiger partial charge is 0.0621 e. The minimum atomic E-state index is -0.109. The van der Waals surface area contributed by atoms with Crippen molar-refractivity contribution in [2.45, 2.75) is 19.3 Å². The zero-order valence-corrected chi connectivity index (χ0v) is 32.2. The van der Waals surface area contributed by atoms with Gasteiger partial charge < -0.3 is 13.9 Å². The van der Waals surface area contributed by atoms with Crippen molar-refractivity contribution in [3.8, 4) is 16.8 Å². The molecule has 272 valence electrons. The molecule has 3 aromatic heterocycles. The number of rotatable bonds is 4. The molecule has 0 spiro atoms. The second kappa shape index (κ2) is 11.4. The first kappa shape index (κ1) is 31.8. The van der Waals surface area contributed by atoms with Crippen LogP contribution in [0.3, 0.4) is 0 Å². The highest BCUT2D eigenvalue weighted by Gasteiger charge is 2.36. The zero-order valence-electron chi connectivity index (χ0n) is 32.2. The highest BCUT2D eigenvalue weighted by Crippen LogP contribution is 2.52. The van der Waals surface area contributed by atoms with Crippen molar-refractivity contribution < 1.29 is 0 Å². The molecular formula is C55H37N3. The average Bonchev–Trinajstić information content (AvgIpc) is 3.87. The predicted octanol–water partition coefficient (Wildman–Crippen LogP) is 14.9. The molecule has 0 saturated heterocycles. The summed E-state index contributed by atoms with van der Waals surface area (Å²) in [7, 11) is 0. The normalized spacial score (nSPS) is 13.5. The molecule has 0 bridgehead atoms. The first-order valence-electron chi connectivity index (χ1n) is 20.3. The van der Waals surface area contributed by atoms with E-state index < -0.39 is 0 Å². The van der Waals surface area contributed by atoms with Gasteiger partial charge in [-0.1, -0.05) is 135 Å². The van der Waals surface area contributed by atoms with Crippen molar-refractivity contribution in [3.05, 3.63) is 199 Å². The van der Waals surface area contributed by atoms with Gasteiger partial charge in [0.25, 0.3) is 0 Å². The van der Waals surface area contributed by atoms with Crippen LogP contribution in [-0.2, 0) is 5.41 Å². The predicted molar refractivity (Wildman–Crippen MR) is 245 cm³/mol. The fraction of sp³-hybridized carbons (Fsp3) is 0.0545. The van der Waals surface area contributed by atoms with E-state index in [9.17, 15) is 0 Å². The molecule has 0 amide bonds. The number of fused-ring (bicyclic) bond motifs is 12. The van der Waals surface area contributed by atoms with E-state index in [4.69, 9.17) is 0 Å². The Balaban J connectivity index is 1.16. The summed E-state index contributed by atoms with van der Waals surface area (Å²) in [5.41, 5.74) is 16.1. The van der Waals surface area contributed by atoms with Gasteiger partial charge in [0.2, 0.25) is 0 Å². The van der Waals surface area contributed by atoms with Gasteiger partial charge in [0.1, 0.15) is 0 Å². The summed E-state index contributed by atoms with van der Waals surface area (Å²) >= 11 is 0. The van der Waals surface area contributed by atoms with Crippen molar-refractivity contribution in [1.29, 1.82) is 0 Å². The maximum Gasteiger partial charge on any atom is 0.0621 e. The Morgan fingerprint density at radius 3 is 1.83 bits per heavy atom. The number of hydrogen-bond acceptors (Lipinski definition) is 1. The standard InChI is InChI=1S/C55H37N3/c1-55(2)46-25-12-9-20-38(46)39-29-28-36(32-47(39)55)56(34-16-5-3-6-17-34)37-30-44-40-21-10-13-26-48(40)58-51-33-50-53(43-24-15-23-41(52(43)51)45(31-37)54(44)58)42-22-11-14-27-49(42)57(50)35-18-7-4-8-19-35/h3-33H,1-2H3. The molecule has 0 aliphatic heterocycles. The summed E-state index contributed by atoms with van der Waals surface area (Å²) in [6, 6.07) is 69.8. The molecule has 0 unspecified atom stereocenters. The lowest BCUT2D eigenvalue weighted by atomic mass is 9.82. The van der Waals surface area contributed by atoms with Crippen LogP contribution in [0.25, 0.3) is 87.5 Å². The summed E-state index contributed by atoms with van der Waals surface area (Å²) in [6.45, 7) is 4.73. The van der Waals surface area contributed by atoms with Crippen LogP contribution < -0.4 is 4.90 Å². The second-order valence-corrected chi connectivity index (χ2v) is 16.5. The fourth-order valence-electron chi connectivity index (χ4n) is 10.7. The third-order valence-corrected chi connectivity index (χ3v) is 13.2. The van der Waals surface area contributed by atoms with Crippen molar-refractivity contribution in [2.75, 3.05) is 4.90 Å². The third kappa shape index (κ3) is 4.07. The minimum absolute atomic E-state index is 0.109. The van der Waals surface area contributed by atoms with Crippen LogP contribution >= 0.6 is 0 Å². The topological polar surface area (TPSA) is 12.6 Å². The second-order valence-electron chi connectivity index (χ2n) is 16.5. The summed E-state index contributed by atoms with van der Waals surface area (Å²) in [6.07, 6.45) is 0. The molecule has 3 heteroatoms. The van der Waals surface area contributed by atoms with Gasteiger partial charge in [-0.15, -0.1) is 0 Å². The molecule has 0 radical (unpaired) electrons. The summed E-state index contributed by atoms with van der Waals surface area (Å²) in [5.74, 6) is 0. The van der Waals surface area contributed by atoms with Gasteiger partial charge in [0, 0.05) is 60.5 Å². The largest absolute Gasteiger partial charge is 0.310 e. The number of nitrogens with zero attached hydrogens (tertiary/aromatic N) is 3. The number of aromatic nitrogens is 2. The number of pyridine rings is 1. The number of anilines is 3. The number of para-hydroxylation sites is 4. The van der Waals surface area contributed by atoms with Crippen LogP contribution in [0.5, 0.6) is 0 Å². The molecule has 3 heterocycles. The Labute approximate surface area is 335 Å². The highest BCUT2D eigenvalue weighted by molar-refractivity contribution is 6.34. The Morgan fingerprint density at radius 2 is 1.00 bits per heavy atom. The molecule has 58 heavy (non-hydrogen) atoms. The first-order valence-corrected chi connectivity index (χ1v) is 20.3. The Kier molecular flexibility index (Phi) is 6.23. The molecular weight excluding hydrogens is 703 g/mol. The molecule has 0 fully saturated rings. The van der Waals surface area contributed by atoms with E-state index in [0.717, 1.165) is 17.1 Å². The molecule has 3 nitrogen and oxygen atoms in total. The molecule has 13 rings (SSSR count). The van der Waals surface area contributed by atoms with Crippen LogP contribution in [0.4, 0.5) is 17.1 Å². The summed E-state index contributed by atoms with van der Waals surface area (Å²) in [5, 5.41) is 10.2. The Morgan fingerprint density at radius 1 is 0.379 bits per heavy atom. The molecule has 12 aromatic rings. The van der Waals surface area contributed by atoms with Crippen LogP contribution in [-0.4, -0.2) is 8.97 Å². The highest BCUT2D eigenvalue weighted by atomic mass is 15.1. The number of benzene rings is 9. The van der Waals surface area contributed by atoms with Gasteiger partial charge in [-0.3, -0.25) is 0 Å². The van der Waals surface area contributed by atoms with Crippen molar-refractivity contribution in [3.63, 3.8) is 0 Å². The van der Waals surface area contributed by atoms with Gasteiger partial charge >= 0.3 is 0 Å². The van der Waals surface area contributed by atoms with E-state index in [2.05, 4.69) is 216 Å². The molecule has 0 atom stereocenters. The Hall–Kier alpha value is -7.36. The van der Waals surface area contributed by atoms with Crippen molar-refractivity contribution in [2.24, 2.45) is 0 Å². The molecule has 9 aromatic carbocycles. The quantitative estimate of drug-likeness (QED) is 0.129. The van der Waals surface area contributed by atoms with Gasteiger partial charge in [-0.2, -0.15) is 0 Å². The maximum absolute atomic E-state index is 2.55. The molecule has 0 N–H and O–H groups in total. The van der Waals surface area contributed by atoms with Gasteiger partial charge in [-0.25, -0.2) is 0 Å². The first-order chi connectivity index (χ1) is 28.6. The lowest BCUT2D eigenvalue weighted by Gasteiger charge is -2.28. The summed E-state index contributed by atoms with van der Waals surface area (Å²) in [4.78, 5) is 2.47. The monoisotopic (exact) mass is 739 g/mol. The van der Waals surface area contributed by atoms with Crippen molar-refractivity contribution in [1.82, 2.24) is 8.97 Å². The van der Waals surface area contributed by atoms with Gasteiger partial charge in [-0.05, 0) is 99.8 Å². The van der Waals surface area contributed by atoms with Crippen LogP contribution in [0.2, 0.25) is 0 Å². The minimum Gasteiger partial charge on any atom is -0.310 e. The third-order valence-electron chi connectivity index (χ3n) is 13.2.